The van der Waals surface area contributed by atoms with Gasteiger partial charge in [-0.2, -0.15) is 0 Å². The lowest BCUT2D eigenvalue weighted by atomic mass is 9.96. The minimum absolute atomic E-state index is 0.0382. The van der Waals surface area contributed by atoms with E-state index in [0.717, 1.165) is 28.7 Å². The highest BCUT2D eigenvalue weighted by molar-refractivity contribution is 8.00. The number of fused-ring (bicyclic) bond motifs is 1. The van der Waals surface area contributed by atoms with Crippen LogP contribution in [0.1, 0.15) is 101 Å². The van der Waals surface area contributed by atoms with Crippen molar-refractivity contribution >= 4 is 28.7 Å². The number of aromatic nitrogens is 2. The Morgan fingerprint density at radius 2 is 1.53 bits per heavy atom. The predicted octanol–water partition coefficient (Wildman–Crippen LogP) is 9.47. The van der Waals surface area contributed by atoms with Crippen LogP contribution in [0.25, 0.3) is 11.0 Å². The van der Waals surface area contributed by atoms with Gasteiger partial charge < -0.3 is 9.29 Å². The number of rotatable bonds is 6. The predicted molar refractivity (Wildman–Crippen MR) is 143 cm³/mol. The van der Waals surface area contributed by atoms with Gasteiger partial charge in [0.25, 0.3) is 0 Å². The molecule has 0 unspecified atom stereocenters. The van der Waals surface area contributed by atoms with E-state index in [0.29, 0.717) is 0 Å². The highest BCUT2D eigenvalue weighted by Gasteiger charge is 2.22. The number of nitrogens with one attached hydrogen (secondary N) is 1. The van der Waals surface area contributed by atoms with Crippen molar-refractivity contribution in [2.75, 3.05) is 10.5 Å². The second-order valence-electron chi connectivity index (χ2n) is 9.19. The van der Waals surface area contributed by atoms with Crippen LogP contribution in [-0.2, 0) is 12.5 Å². The summed E-state index contributed by atoms with van der Waals surface area (Å²) in [5.74, 6) is 0.661. The summed E-state index contributed by atoms with van der Waals surface area (Å²) in [5.41, 5.74) is 3.45. The third-order valence-corrected chi connectivity index (χ3v) is 5.07. The molecule has 0 aliphatic rings. The minimum Gasteiger partial charge on any atom is -0.331 e. The van der Waals surface area contributed by atoms with E-state index >= 15 is 0 Å². The van der Waals surface area contributed by atoms with Gasteiger partial charge in [0.1, 0.15) is 5.82 Å². The Labute approximate surface area is 201 Å². The van der Waals surface area contributed by atoms with Crippen LogP contribution in [0.2, 0.25) is 0 Å². The van der Waals surface area contributed by atoms with Crippen LogP contribution in [0.5, 0.6) is 0 Å². The molecule has 0 saturated heterocycles. The Morgan fingerprint density at radius 1 is 1.03 bits per heavy atom. The minimum atomic E-state index is -2.42. The second kappa shape index (κ2) is 16.3. The molecule has 3 nitrogen and oxygen atoms in total. The van der Waals surface area contributed by atoms with E-state index in [1.54, 1.807) is 11.9 Å². The van der Waals surface area contributed by atoms with Crippen molar-refractivity contribution in [1.82, 2.24) is 9.55 Å². The lowest BCUT2D eigenvalue weighted by Gasteiger charge is -2.17. The highest BCUT2D eigenvalue weighted by atomic mass is 32.2. The normalized spacial score (nSPS) is 11.1. The summed E-state index contributed by atoms with van der Waals surface area (Å²) < 4.78 is 29.3. The molecule has 1 heterocycles. The van der Waals surface area contributed by atoms with Gasteiger partial charge in [0.05, 0.1) is 11.0 Å². The summed E-state index contributed by atoms with van der Waals surface area (Å²) in [6.45, 7) is 22.3. The lowest BCUT2D eigenvalue weighted by Crippen LogP contribution is -2.17. The van der Waals surface area contributed by atoms with Crippen molar-refractivity contribution in [2.45, 2.75) is 107 Å². The smallest absolute Gasteiger partial charge is 0.247 e. The fraction of sp³-hybridized carbons (Fsp3) is 0.731. The van der Waals surface area contributed by atoms with Gasteiger partial charge in [-0.1, -0.05) is 88.1 Å². The van der Waals surface area contributed by atoms with Crippen LogP contribution in [0.4, 0.5) is 14.5 Å². The molecule has 0 spiro atoms. The van der Waals surface area contributed by atoms with E-state index < -0.39 is 5.92 Å². The van der Waals surface area contributed by atoms with E-state index in [-0.39, 0.29) is 18.3 Å². The number of aryl methyl sites for hydroxylation is 1. The molecule has 1 aromatic carbocycles. The van der Waals surface area contributed by atoms with Crippen LogP contribution in [-0.4, -0.2) is 21.2 Å². The molecule has 0 amide bonds. The molecular weight excluding hydrogens is 424 g/mol. The van der Waals surface area contributed by atoms with Crippen molar-refractivity contribution in [3.63, 3.8) is 0 Å². The lowest BCUT2D eigenvalue weighted by molar-refractivity contribution is -0.00646. The molecular formula is C26H49F2N3S. The topological polar surface area (TPSA) is 29.9 Å². The summed E-state index contributed by atoms with van der Waals surface area (Å²) in [5, 5.41) is 0. The molecule has 1 N–H and O–H groups in total. The third-order valence-electron chi connectivity index (χ3n) is 4.08. The molecule has 2 rings (SSSR count). The van der Waals surface area contributed by atoms with Gasteiger partial charge >= 0.3 is 0 Å². The SMILES string of the molecule is CC.CC(C)C.CCC(F)(F)CC.CCCSNc1ccc2c(c1)nc(C(C)(C)C)n2C. The zero-order valence-corrected chi connectivity index (χ0v) is 23.5. The monoisotopic (exact) mass is 473 g/mol. The average Bonchev–Trinajstić information content (AvgIpc) is 3.06. The number of hydrogen-bond donors (Lipinski definition) is 1. The third kappa shape index (κ3) is 13.3. The maximum Gasteiger partial charge on any atom is 0.247 e. The molecule has 0 aliphatic carbocycles. The van der Waals surface area contributed by atoms with Crippen molar-refractivity contribution in [2.24, 2.45) is 13.0 Å². The van der Waals surface area contributed by atoms with Crippen LogP contribution >= 0.6 is 11.9 Å². The quantitative estimate of drug-likeness (QED) is 0.334. The van der Waals surface area contributed by atoms with Crippen molar-refractivity contribution in [3.05, 3.63) is 24.0 Å². The highest BCUT2D eigenvalue weighted by Crippen LogP contribution is 2.27. The van der Waals surface area contributed by atoms with Crippen molar-refractivity contribution in [3.8, 4) is 0 Å². The van der Waals surface area contributed by atoms with Crippen LogP contribution in [0.3, 0.4) is 0 Å². The number of alkyl halides is 2. The Morgan fingerprint density at radius 3 is 1.91 bits per heavy atom. The van der Waals surface area contributed by atoms with Gasteiger partial charge in [-0.25, -0.2) is 13.8 Å². The van der Waals surface area contributed by atoms with Crippen molar-refractivity contribution in [1.29, 1.82) is 0 Å². The molecule has 0 bridgehead atoms. The number of benzene rings is 1. The molecule has 0 fully saturated rings. The zero-order valence-electron chi connectivity index (χ0n) is 22.7. The maximum absolute atomic E-state index is 11.9. The summed E-state index contributed by atoms with van der Waals surface area (Å²) in [7, 11) is 2.09. The number of nitrogens with zero attached hydrogens (tertiary/aromatic N) is 2. The first kappa shape index (κ1) is 32.9. The molecule has 188 valence electrons. The first-order valence-electron chi connectivity index (χ1n) is 12.0. The fourth-order valence-electron chi connectivity index (χ4n) is 2.42. The standard InChI is InChI=1S/C15H23N3S.C5H10F2.C4H10.C2H6/c1-6-9-19-17-11-7-8-13-12(10-11)16-14(18(13)5)15(2,3)4;1-3-5(6,7)4-2;1-4(2)3;1-2/h7-8,10,17H,6,9H2,1-5H3;3-4H2,1-2H3;4H,1-3H3;1-2H3. The van der Waals surface area contributed by atoms with Gasteiger partial charge in [-0.3, -0.25) is 0 Å². The van der Waals surface area contributed by atoms with Gasteiger partial charge in [0.2, 0.25) is 5.92 Å². The molecule has 2 aromatic rings. The molecule has 0 saturated carbocycles. The van der Waals surface area contributed by atoms with Crippen molar-refractivity contribution < 1.29 is 8.78 Å². The number of halogens is 2. The first-order chi connectivity index (χ1) is 14.8. The van der Waals surface area contributed by atoms with Crippen LogP contribution in [0.15, 0.2) is 18.2 Å². The van der Waals surface area contributed by atoms with Crippen LogP contribution in [0, 0.1) is 5.92 Å². The molecule has 32 heavy (non-hydrogen) atoms. The van der Waals surface area contributed by atoms with Gasteiger partial charge in [-0.05, 0) is 30.5 Å². The Hall–Kier alpha value is -1.30. The Bertz CT molecular complexity index is 726. The molecule has 0 atom stereocenters. The largest absolute Gasteiger partial charge is 0.331 e. The molecule has 6 heteroatoms. The van der Waals surface area contributed by atoms with E-state index in [1.165, 1.54) is 25.8 Å². The Kier molecular flexibility index (Phi) is 16.8. The van der Waals surface area contributed by atoms with Gasteiger partial charge in [0, 0.05) is 36.7 Å². The summed E-state index contributed by atoms with van der Waals surface area (Å²) >= 11 is 1.75. The molecule has 0 aliphatic heterocycles. The Balaban J connectivity index is 0. The average molecular weight is 474 g/mol. The maximum atomic E-state index is 11.9. The molecule has 0 radical (unpaired) electrons. The van der Waals surface area contributed by atoms with E-state index in [1.807, 2.05) is 13.8 Å². The second-order valence-corrected chi connectivity index (χ2v) is 10.1. The van der Waals surface area contributed by atoms with E-state index in [2.05, 4.69) is 83.0 Å². The number of imidazole rings is 1. The van der Waals surface area contributed by atoms with Gasteiger partial charge in [-0.15, -0.1) is 0 Å². The first-order valence-corrected chi connectivity index (χ1v) is 13.0. The van der Waals surface area contributed by atoms with Gasteiger partial charge in [0.15, 0.2) is 0 Å². The summed E-state index contributed by atoms with van der Waals surface area (Å²) in [6, 6.07) is 6.40. The summed E-state index contributed by atoms with van der Waals surface area (Å²) in [4.78, 5) is 4.79. The zero-order chi connectivity index (χ0) is 25.5. The summed E-state index contributed by atoms with van der Waals surface area (Å²) in [6.07, 6.45) is 1.10. The fourth-order valence-corrected chi connectivity index (χ4v) is 3.02. The molecule has 1 aromatic heterocycles. The van der Waals surface area contributed by atoms with E-state index in [4.69, 9.17) is 4.98 Å². The van der Waals surface area contributed by atoms with E-state index in [9.17, 15) is 8.78 Å². The number of anilines is 1. The number of hydrogen-bond acceptors (Lipinski definition) is 3. The van der Waals surface area contributed by atoms with Crippen LogP contribution < -0.4 is 4.72 Å².